The summed E-state index contributed by atoms with van der Waals surface area (Å²) in [6.45, 7) is 6.34. The third-order valence-electron chi connectivity index (χ3n) is 3.33. The zero-order valence-corrected chi connectivity index (χ0v) is 11.8. The molecular weight excluding hydrogens is 222 g/mol. The first-order valence-electron chi connectivity index (χ1n) is 6.29. The second kappa shape index (κ2) is 4.48. The SMILES string of the molecule is Cc1nc2ccc(N(C)C)cc2c(N)c1C(C)C. The van der Waals surface area contributed by atoms with Crippen molar-refractivity contribution in [1.29, 1.82) is 0 Å². The smallest absolute Gasteiger partial charge is 0.0727 e. The standard InChI is InChI=1S/C15H21N3/c1-9(2)14-10(3)17-13-7-6-11(18(4)5)8-12(13)15(14)16/h6-9H,1-5H3,(H2,16,17). The summed E-state index contributed by atoms with van der Waals surface area (Å²) < 4.78 is 0. The highest BCUT2D eigenvalue weighted by Crippen LogP contribution is 2.32. The number of fused-ring (bicyclic) bond motifs is 1. The van der Waals surface area contributed by atoms with Crippen LogP contribution in [0.4, 0.5) is 11.4 Å². The first-order chi connectivity index (χ1) is 8.41. The maximum Gasteiger partial charge on any atom is 0.0727 e. The minimum Gasteiger partial charge on any atom is -0.398 e. The number of hydrogen-bond donors (Lipinski definition) is 1. The molecule has 0 aliphatic carbocycles. The van der Waals surface area contributed by atoms with Gasteiger partial charge in [0.1, 0.15) is 0 Å². The van der Waals surface area contributed by atoms with Crippen LogP contribution in [0.25, 0.3) is 10.9 Å². The molecule has 3 heteroatoms. The van der Waals surface area contributed by atoms with E-state index in [1.165, 1.54) is 5.56 Å². The molecule has 0 saturated heterocycles. The van der Waals surface area contributed by atoms with Crippen LogP contribution in [-0.2, 0) is 0 Å². The van der Waals surface area contributed by atoms with E-state index in [4.69, 9.17) is 5.73 Å². The maximum absolute atomic E-state index is 6.33. The van der Waals surface area contributed by atoms with Gasteiger partial charge in [-0.3, -0.25) is 4.98 Å². The molecule has 96 valence electrons. The first kappa shape index (κ1) is 12.7. The van der Waals surface area contributed by atoms with Crippen LogP contribution in [0.5, 0.6) is 0 Å². The van der Waals surface area contributed by atoms with E-state index in [0.717, 1.165) is 28.0 Å². The summed E-state index contributed by atoms with van der Waals surface area (Å²) >= 11 is 0. The van der Waals surface area contributed by atoms with Gasteiger partial charge in [-0.05, 0) is 36.6 Å². The van der Waals surface area contributed by atoms with Crippen molar-refractivity contribution in [2.45, 2.75) is 26.7 Å². The summed E-state index contributed by atoms with van der Waals surface area (Å²) in [4.78, 5) is 6.74. The molecule has 2 aromatic rings. The Kier molecular flexibility index (Phi) is 3.16. The van der Waals surface area contributed by atoms with Crippen molar-refractivity contribution in [2.75, 3.05) is 24.7 Å². The molecule has 0 aliphatic heterocycles. The molecule has 0 bridgehead atoms. The second-order valence-corrected chi connectivity index (χ2v) is 5.28. The van der Waals surface area contributed by atoms with Crippen molar-refractivity contribution >= 4 is 22.3 Å². The predicted molar refractivity (Wildman–Crippen MR) is 79.3 cm³/mol. The van der Waals surface area contributed by atoms with E-state index in [0.29, 0.717) is 5.92 Å². The summed E-state index contributed by atoms with van der Waals surface area (Å²) in [6, 6.07) is 6.23. The molecule has 0 saturated carbocycles. The molecule has 0 atom stereocenters. The first-order valence-corrected chi connectivity index (χ1v) is 6.29. The Labute approximate surface area is 109 Å². The Balaban J connectivity index is 2.77. The monoisotopic (exact) mass is 243 g/mol. The lowest BCUT2D eigenvalue weighted by Crippen LogP contribution is -2.09. The van der Waals surface area contributed by atoms with Gasteiger partial charge in [0.2, 0.25) is 0 Å². The summed E-state index contributed by atoms with van der Waals surface area (Å²) in [7, 11) is 4.06. The van der Waals surface area contributed by atoms with Crippen LogP contribution in [0.3, 0.4) is 0 Å². The lowest BCUT2D eigenvalue weighted by atomic mass is 9.97. The fraction of sp³-hybridized carbons (Fsp3) is 0.400. The Hall–Kier alpha value is -1.77. The zero-order valence-electron chi connectivity index (χ0n) is 11.8. The fourth-order valence-corrected chi connectivity index (χ4v) is 2.43. The van der Waals surface area contributed by atoms with Crippen molar-refractivity contribution in [1.82, 2.24) is 4.98 Å². The topological polar surface area (TPSA) is 42.2 Å². The maximum atomic E-state index is 6.33. The number of aryl methyl sites for hydroxylation is 1. The number of nitrogens with two attached hydrogens (primary N) is 1. The van der Waals surface area contributed by atoms with E-state index >= 15 is 0 Å². The third-order valence-corrected chi connectivity index (χ3v) is 3.33. The minimum absolute atomic E-state index is 0.393. The highest BCUT2D eigenvalue weighted by atomic mass is 15.1. The molecule has 3 nitrogen and oxygen atoms in total. The lowest BCUT2D eigenvalue weighted by Gasteiger charge is -2.17. The van der Waals surface area contributed by atoms with Gasteiger partial charge in [0.05, 0.1) is 5.52 Å². The van der Waals surface area contributed by atoms with Crippen LogP contribution in [0.15, 0.2) is 18.2 Å². The number of anilines is 2. The van der Waals surface area contributed by atoms with Gasteiger partial charge in [0.15, 0.2) is 0 Å². The Morgan fingerprint density at radius 1 is 1.22 bits per heavy atom. The van der Waals surface area contributed by atoms with Crippen LogP contribution in [-0.4, -0.2) is 19.1 Å². The van der Waals surface area contributed by atoms with Crippen LogP contribution in [0, 0.1) is 6.92 Å². The average molecular weight is 243 g/mol. The largest absolute Gasteiger partial charge is 0.398 e. The number of pyridine rings is 1. The highest BCUT2D eigenvalue weighted by molar-refractivity contribution is 5.94. The number of aromatic nitrogens is 1. The molecule has 1 aromatic carbocycles. The van der Waals surface area contributed by atoms with Crippen LogP contribution < -0.4 is 10.6 Å². The quantitative estimate of drug-likeness (QED) is 0.879. The third kappa shape index (κ3) is 2.01. The van der Waals surface area contributed by atoms with Crippen molar-refractivity contribution in [3.8, 4) is 0 Å². The van der Waals surface area contributed by atoms with Gasteiger partial charge in [-0.1, -0.05) is 13.8 Å². The van der Waals surface area contributed by atoms with Crippen LogP contribution in [0.2, 0.25) is 0 Å². The number of hydrogen-bond acceptors (Lipinski definition) is 3. The van der Waals surface area contributed by atoms with Gasteiger partial charge in [0, 0.05) is 36.6 Å². The Morgan fingerprint density at radius 3 is 2.44 bits per heavy atom. The molecule has 0 amide bonds. The zero-order chi connectivity index (χ0) is 13.4. The van der Waals surface area contributed by atoms with E-state index in [-0.39, 0.29) is 0 Å². The molecule has 0 aliphatic rings. The molecule has 0 spiro atoms. The van der Waals surface area contributed by atoms with Gasteiger partial charge in [0.25, 0.3) is 0 Å². The van der Waals surface area contributed by atoms with Crippen molar-refractivity contribution < 1.29 is 0 Å². The van der Waals surface area contributed by atoms with Crippen LogP contribution >= 0.6 is 0 Å². The van der Waals surface area contributed by atoms with Crippen LogP contribution in [0.1, 0.15) is 31.0 Å². The molecule has 1 aromatic heterocycles. The number of rotatable bonds is 2. The average Bonchev–Trinajstić information content (AvgIpc) is 2.27. The van der Waals surface area contributed by atoms with Gasteiger partial charge in [-0.2, -0.15) is 0 Å². The van der Waals surface area contributed by atoms with E-state index in [1.807, 2.05) is 27.1 Å². The summed E-state index contributed by atoms with van der Waals surface area (Å²) in [5.74, 6) is 0.393. The molecule has 1 heterocycles. The van der Waals surface area contributed by atoms with Gasteiger partial charge in [-0.25, -0.2) is 0 Å². The molecule has 0 unspecified atom stereocenters. The van der Waals surface area contributed by atoms with Crippen molar-refractivity contribution in [3.05, 3.63) is 29.5 Å². The van der Waals surface area contributed by atoms with Gasteiger partial charge >= 0.3 is 0 Å². The number of nitrogen functional groups attached to an aromatic ring is 1. The minimum atomic E-state index is 0.393. The van der Waals surface area contributed by atoms with E-state index < -0.39 is 0 Å². The number of nitrogens with zero attached hydrogens (tertiary/aromatic N) is 2. The molecule has 18 heavy (non-hydrogen) atoms. The molecule has 0 radical (unpaired) electrons. The summed E-state index contributed by atoms with van der Waals surface area (Å²) in [6.07, 6.45) is 0. The molecule has 0 fully saturated rings. The fourth-order valence-electron chi connectivity index (χ4n) is 2.43. The second-order valence-electron chi connectivity index (χ2n) is 5.28. The Morgan fingerprint density at radius 2 is 1.89 bits per heavy atom. The van der Waals surface area contributed by atoms with E-state index in [1.54, 1.807) is 0 Å². The highest BCUT2D eigenvalue weighted by Gasteiger charge is 2.13. The number of benzene rings is 1. The summed E-state index contributed by atoms with van der Waals surface area (Å²) in [5.41, 5.74) is 11.5. The van der Waals surface area contributed by atoms with Gasteiger partial charge < -0.3 is 10.6 Å². The van der Waals surface area contributed by atoms with E-state index in [9.17, 15) is 0 Å². The van der Waals surface area contributed by atoms with E-state index in [2.05, 4.69) is 35.9 Å². The van der Waals surface area contributed by atoms with Crippen molar-refractivity contribution in [2.24, 2.45) is 0 Å². The predicted octanol–water partition coefficient (Wildman–Crippen LogP) is 3.31. The summed E-state index contributed by atoms with van der Waals surface area (Å²) in [5, 5.41) is 1.05. The van der Waals surface area contributed by atoms with Gasteiger partial charge in [-0.15, -0.1) is 0 Å². The molecule has 2 N–H and O–H groups in total. The van der Waals surface area contributed by atoms with Crippen molar-refractivity contribution in [3.63, 3.8) is 0 Å². The Bertz CT molecular complexity index is 586. The molecular formula is C15H21N3. The lowest BCUT2D eigenvalue weighted by molar-refractivity contribution is 0.851. The molecule has 2 rings (SSSR count). The normalized spacial score (nSPS) is 11.2.